The van der Waals surface area contributed by atoms with Gasteiger partial charge in [0.05, 0.1) is 12.1 Å². The largest absolute Gasteiger partial charge is 0.347 e. The maximum Gasteiger partial charge on any atom is 0.252 e. The molecule has 1 heterocycles. The fourth-order valence-corrected chi connectivity index (χ4v) is 1.75. The summed E-state index contributed by atoms with van der Waals surface area (Å²) >= 11 is 3.20. The molecule has 0 aliphatic heterocycles. The van der Waals surface area contributed by atoms with Gasteiger partial charge in [0.25, 0.3) is 5.91 Å². The van der Waals surface area contributed by atoms with Gasteiger partial charge in [0.1, 0.15) is 11.6 Å². The zero-order valence-corrected chi connectivity index (χ0v) is 10.3. The van der Waals surface area contributed by atoms with Crippen LogP contribution in [0, 0.1) is 5.82 Å². The summed E-state index contributed by atoms with van der Waals surface area (Å²) < 4.78 is 13.6. The number of rotatable bonds is 3. The quantitative estimate of drug-likeness (QED) is 0.913. The number of carbonyl (C=O) groups is 1. The Labute approximate surface area is 105 Å². The second kappa shape index (κ2) is 5.09. The van der Waals surface area contributed by atoms with E-state index in [9.17, 15) is 9.18 Å². The third kappa shape index (κ3) is 2.91. The summed E-state index contributed by atoms with van der Waals surface area (Å²) in [6.45, 7) is 0.273. The SMILES string of the molecule is O=C(NCc1ncc[nH]1)c1cc(F)ccc1Br. The van der Waals surface area contributed by atoms with Crippen LogP contribution in [0.1, 0.15) is 16.2 Å². The van der Waals surface area contributed by atoms with Crippen LogP contribution < -0.4 is 5.32 Å². The van der Waals surface area contributed by atoms with Crippen molar-refractivity contribution in [3.63, 3.8) is 0 Å². The summed E-state index contributed by atoms with van der Waals surface area (Å²) in [6, 6.07) is 3.96. The lowest BCUT2D eigenvalue weighted by atomic mass is 10.2. The molecule has 0 aliphatic carbocycles. The highest BCUT2D eigenvalue weighted by atomic mass is 79.9. The van der Waals surface area contributed by atoms with Crippen molar-refractivity contribution in [3.05, 3.63) is 52.3 Å². The van der Waals surface area contributed by atoms with Crippen LogP contribution in [0.15, 0.2) is 35.1 Å². The molecular weight excluding hydrogens is 289 g/mol. The second-order valence-corrected chi connectivity index (χ2v) is 4.20. The molecule has 88 valence electrons. The van der Waals surface area contributed by atoms with E-state index in [1.807, 2.05) is 0 Å². The lowest BCUT2D eigenvalue weighted by molar-refractivity contribution is 0.0948. The van der Waals surface area contributed by atoms with Crippen LogP contribution in [0.4, 0.5) is 4.39 Å². The summed E-state index contributed by atoms with van der Waals surface area (Å²) in [5, 5.41) is 2.64. The molecule has 1 amide bonds. The van der Waals surface area contributed by atoms with Crippen LogP contribution in [0.5, 0.6) is 0 Å². The Kier molecular flexibility index (Phi) is 3.53. The van der Waals surface area contributed by atoms with Gasteiger partial charge >= 0.3 is 0 Å². The van der Waals surface area contributed by atoms with Gasteiger partial charge in [-0.15, -0.1) is 0 Å². The van der Waals surface area contributed by atoms with Gasteiger partial charge in [0, 0.05) is 16.9 Å². The summed E-state index contributed by atoms with van der Waals surface area (Å²) in [7, 11) is 0. The number of amides is 1. The van der Waals surface area contributed by atoms with E-state index >= 15 is 0 Å². The Balaban J connectivity index is 2.07. The molecular formula is C11H9BrFN3O. The molecule has 4 nitrogen and oxygen atoms in total. The van der Waals surface area contributed by atoms with Crippen LogP contribution >= 0.6 is 15.9 Å². The van der Waals surface area contributed by atoms with Gasteiger partial charge in [0.15, 0.2) is 0 Å². The minimum Gasteiger partial charge on any atom is -0.347 e. The summed E-state index contributed by atoms with van der Waals surface area (Å²) in [6.07, 6.45) is 3.26. The fraction of sp³-hybridized carbons (Fsp3) is 0.0909. The Morgan fingerprint density at radius 2 is 2.35 bits per heavy atom. The van der Waals surface area contributed by atoms with Crippen LogP contribution in [-0.4, -0.2) is 15.9 Å². The fourth-order valence-electron chi connectivity index (χ4n) is 1.33. The van der Waals surface area contributed by atoms with Crippen LogP contribution in [-0.2, 0) is 6.54 Å². The Hall–Kier alpha value is -1.69. The molecule has 1 aromatic carbocycles. The first-order valence-electron chi connectivity index (χ1n) is 4.88. The lowest BCUT2D eigenvalue weighted by Gasteiger charge is -2.05. The number of carbonyl (C=O) groups excluding carboxylic acids is 1. The van der Waals surface area contributed by atoms with Gasteiger partial charge in [-0.3, -0.25) is 4.79 Å². The van der Waals surface area contributed by atoms with Gasteiger partial charge in [-0.1, -0.05) is 0 Å². The zero-order valence-electron chi connectivity index (χ0n) is 8.71. The summed E-state index contributed by atoms with van der Waals surface area (Å²) in [5.41, 5.74) is 0.261. The highest BCUT2D eigenvalue weighted by molar-refractivity contribution is 9.10. The third-order valence-corrected chi connectivity index (χ3v) is 2.84. The summed E-state index contributed by atoms with van der Waals surface area (Å²) in [5.74, 6) is -0.157. The average Bonchev–Trinajstić information content (AvgIpc) is 2.82. The van der Waals surface area contributed by atoms with Crippen LogP contribution in [0.3, 0.4) is 0 Å². The highest BCUT2D eigenvalue weighted by Crippen LogP contribution is 2.17. The first-order valence-corrected chi connectivity index (χ1v) is 5.67. The van der Waals surface area contributed by atoms with Crippen molar-refractivity contribution in [1.29, 1.82) is 0 Å². The number of nitrogens with one attached hydrogen (secondary N) is 2. The van der Waals surface area contributed by atoms with E-state index in [2.05, 4.69) is 31.2 Å². The molecule has 2 rings (SSSR count). The first-order chi connectivity index (χ1) is 8.16. The standard InChI is InChI=1S/C11H9BrFN3O/c12-9-2-1-7(13)5-8(9)11(17)16-6-10-14-3-4-15-10/h1-5H,6H2,(H,14,15)(H,16,17). The van der Waals surface area contributed by atoms with Gasteiger partial charge in [0.2, 0.25) is 0 Å². The van der Waals surface area contributed by atoms with E-state index < -0.39 is 5.82 Å². The van der Waals surface area contributed by atoms with Crippen LogP contribution in [0.25, 0.3) is 0 Å². The molecule has 0 saturated heterocycles. The lowest BCUT2D eigenvalue weighted by Crippen LogP contribution is -2.23. The molecule has 0 saturated carbocycles. The highest BCUT2D eigenvalue weighted by Gasteiger charge is 2.11. The number of benzene rings is 1. The van der Waals surface area contributed by atoms with E-state index in [0.29, 0.717) is 10.3 Å². The maximum absolute atomic E-state index is 13.0. The van der Waals surface area contributed by atoms with Crippen molar-refractivity contribution < 1.29 is 9.18 Å². The van der Waals surface area contributed by atoms with Gasteiger partial charge in [-0.2, -0.15) is 0 Å². The van der Waals surface area contributed by atoms with E-state index in [0.717, 1.165) is 0 Å². The van der Waals surface area contributed by atoms with E-state index in [1.54, 1.807) is 12.4 Å². The number of H-pyrrole nitrogens is 1. The molecule has 1 aromatic heterocycles. The number of hydrogen-bond donors (Lipinski definition) is 2. The van der Waals surface area contributed by atoms with Crippen LogP contribution in [0.2, 0.25) is 0 Å². The molecule has 17 heavy (non-hydrogen) atoms. The van der Waals surface area contributed by atoms with Crippen molar-refractivity contribution in [2.24, 2.45) is 0 Å². The predicted octanol–water partition coefficient (Wildman–Crippen LogP) is 2.24. The zero-order chi connectivity index (χ0) is 12.3. The van der Waals surface area contributed by atoms with Crippen molar-refractivity contribution in [1.82, 2.24) is 15.3 Å². The van der Waals surface area contributed by atoms with Gasteiger partial charge in [-0.25, -0.2) is 9.37 Å². The smallest absolute Gasteiger partial charge is 0.252 e. The maximum atomic E-state index is 13.0. The molecule has 2 N–H and O–H groups in total. The van der Waals surface area contributed by atoms with E-state index in [-0.39, 0.29) is 18.0 Å². The number of halogens is 2. The Bertz CT molecular complexity index is 528. The summed E-state index contributed by atoms with van der Waals surface area (Å²) in [4.78, 5) is 18.6. The van der Waals surface area contributed by atoms with E-state index in [1.165, 1.54) is 18.2 Å². The number of aromatic amines is 1. The van der Waals surface area contributed by atoms with Crippen molar-refractivity contribution in [2.45, 2.75) is 6.54 Å². The molecule has 0 unspecified atom stereocenters. The Morgan fingerprint density at radius 1 is 1.53 bits per heavy atom. The van der Waals surface area contributed by atoms with Crippen molar-refractivity contribution in [3.8, 4) is 0 Å². The monoisotopic (exact) mass is 297 g/mol. The molecule has 0 radical (unpaired) electrons. The van der Waals surface area contributed by atoms with E-state index in [4.69, 9.17) is 0 Å². The number of nitrogens with zero attached hydrogens (tertiary/aromatic N) is 1. The van der Waals surface area contributed by atoms with Gasteiger partial charge < -0.3 is 10.3 Å². The Morgan fingerprint density at radius 3 is 3.06 bits per heavy atom. The minimum absolute atomic E-state index is 0.261. The van der Waals surface area contributed by atoms with Crippen molar-refractivity contribution in [2.75, 3.05) is 0 Å². The third-order valence-electron chi connectivity index (χ3n) is 2.14. The predicted molar refractivity (Wildman–Crippen MR) is 63.9 cm³/mol. The molecule has 0 aliphatic rings. The molecule has 2 aromatic rings. The molecule has 0 fully saturated rings. The number of imidazole rings is 1. The molecule has 0 bridgehead atoms. The minimum atomic E-state index is -0.448. The van der Waals surface area contributed by atoms with Gasteiger partial charge in [-0.05, 0) is 34.1 Å². The molecule has 0 atom stereocenters. The molecule has 6 heteroatoms. The normalized spacial score (nSPS) is 10.2. The molecule has 0 spiro atoms. The number of aromatic nitrogens is 2. The first kappa shape index (κ1) is 11.8. The topological polar surface area (TPSA) is 57.8 Å². The number of hydrogen-bond acceptors (Lipinski definition) is 2. The average molecular weight is 298 g/mol. The second-order valence-electron chi connectivity index (χ2n) is 3.34. The van der Waals surface area contributed by atoms with Crippen molar-refractivity contribution >= 4 is 21.8 Å².